The Morgan fingerprint density at radius 2 is 1.90 bits per heavy atom. The van der Waals surface area contributed by atoms with Crippen LogP contribution in [0.15, 0.2) is 36.4 Å². The number of amides is 1. The molecule has 0 spiro atoms. The first-order chi connectivity index (χ1) is 14.5. The van der Waals surface area contributed by atoms with Gasteiger partial charge >= 0.3 is 12.1 Å². The molecule has 1 heterocycles. The number of nitrogens with zero attached hydrogens (tertiary/aromatic N) is 2. The van der Waals surface area contributed by atoms with Crippen LogP contribution in [0.1, 0.15) is 19.4 Å². The van der Waals surface area contributed by atoms with Crippen molar-refractivity contribution in [2.45, 2.75) is 26.1 Å². The summed E-state index contributed by atoms with van der Waals surface area (Å²) in [4.78, 5) is 29.2. The van der Waals surface area contributed by atoms with Gasteiger partial charge in [-0.2, -0.15) is 13.2 Å². The number of hydrogen-bond donors (Lipinski definition) is 1. The molecule has 2 rings (SSSR count). The van der Waals surface area contributed by atoms with Crippen LogP contribution in [0.2, 0.25) is 0 Å². The zero-order valence-electron chi connectivity index (χ0n) is 17.6. The lowest BCUT2D eigenvalue weighted by Crippen LogP contribution is -2.39. The van der Waals surface area contributed by atoms with E-state index in [9.17, 15) is 22.8 Å². The molecule has 1 aromatic carbocycles. The topological polar surface area (TPSA) is 80.8 Å². The summed E-state index contributed by atoms with van der Waals surface area (Å²) in [5.74, 6) is -0.687. The Hall–Kier alpha value is -3.30. The van der Waals surface area contributed by atoms with E-state index < -0.39 is 29.7 Å². The van der Waals surface area contributed by atoms with Crippen molar-refractivity contribution in [2.75, 3.05) is 32.1 Å². The summed E-state index contributed by atoms with van der Waals surface area (Å²) in [7, 11) is 3.20. The molecule has 1 aromatic heterocycles. The molecule has 0 bridgehead atoms. The summed E-state index contributed by atoms with van der Waals surface area (Å²) in [6.45, 7) is 3.05. The van der Waals surface area contributed by atoms with E-state index in [4.69, 9.17) is 9.47 Å². The molecule has 0 fully saturated rings. The smallest absolute Gasteiger partial charge is 0.416 e. The quantitative estimate of drug-likeness (QED) is 0.636. The molecule has 0 aliphatic rings. The van der Waals surface area contributed by atoms with Crippen molar-refractivity contribution >= 4 is 17.7 Å². The van der Waals surface area contributed by atoms with Gasteiger partial charge in [-0.3, -0.25) is 9.59 Å². The summed E-state index contributed by atoms with van der Waals surface area (Å²) < 4.78 is 50.2. The van der Waals surface area contributed by atoms with E-state index in [1.807, 2.05) is 0 Å². The summed E-state index contributed by atoms with van der Waals surface area (Å²) in [6.07, 6.45) is -5.47. The molecule has 0 saturated heterocycles. The van der Waals surface area contributed by atoms with Crippen molar-refractivity contribution in [3.8, 4) is 17.0 Å². The summed E-state index contributed by atoms with van der Waals surface area (Å²) >= 11 is 0. The maximum Gasteiger partial charge on any atom is 0.416 e. The van der Waals surface area contributed by atoms with E-state index in [2.05, 4.69) is 10.3 Å². The van der Waals surface area contributed by atoms with Crippen LogP contribution in [0.3, 0.4) is 0 Å². The van der Waals surface area contributed by atoms with Gasteiger partial charge in [-0.1, -0.05) is 12.1 Å². The van der Waals surface area contributed by atoms with Crippen molar-refractivity contribution in [1.29, 1.82) is 0 Å². The Labute approximate surface area is 178 Å². The van der Waals surface area contributed by atoms with Gasteiger partial charge in [-0.25, -0.2) is 4.98 Å². The number of ether oxygens (including phenoxy) is 2. The Bertz CT molecular complexity index is 932. The summed E-state index contributed by atoms with van der Waals surface area (Å²) in [5, 5.41) is 2.40. The molecule has 31 heavy (non-hydrogen) atoms. The first-order valence-corrected chi connectivity index (χ1v) is 9.48. The predicted molar refractivity (Wildman–Crippen MR) is 109 cm³/mol. The number of anilines is 1. The second kappa shape index (κ2) is 10.1. The number of benzene rings is 1. The molecule has 1 amide bonds. The van der Waals surface area contributed by atoms with Crippen LogP contribution >= 0.6 is 0 Å². The maximum atomic E-state index is 13.3. The van der Waals surface area contributed by atoms with Gasteiger partial charge in [0.15, 0.2) is 6.10 Å². The third-order valence-electron chi connectivity index (χ3n) is 4.12. The van der Waals surface area contributed by atoms with Crippen molar-refractivity contribution < 1.29 is 32.2 Å². The summed E-state index contributed by atoms with van der Waals surface area (Å²) in [6, 6.07) is 8.18. The molecule has 1 N–H and O–H groups in total. The highest BCUT2D eigenvalue weighted by Gasteiger charge is 2.32. The van der Waals surface area contributed by atoms with Crippen LogP contribution in [0, 0.1) is 0 Å². The van der Waals surface area contributed by atoms with Crippen LogP contribution < -0.4 is 15.0 Å². The Morgan fingerprint density at radius 3 is 2.52 bits per heavy atom. The highest BCUT2D eigenvalue weighted by atomic mass is 19.4. The van der Waals surface area contributed by atoms with Crippen molar-refractivity contribution in [3.05, 3.63) is 42.0 Å². The number of hydrogen-bond acceptors (Lipinski definition) is 6. The van der Waals surface area contributed by atoms with Gasteiger partial charge in [0.1, 0.15) is 18.1 Å². The molecular weight excluding hydrogens is 415 g/mol. The molecule has 2 aromatic rings. The van der Waals surface area contributed by atoms with E-state index in [0.29, 0.717) is 5.56 Å². The number of aromatic nitrogens is 1. The number of carbonyl (C=O) groups excluding carboxylic acids is 2. The van der Waals surface area contributed by atoms with Gasteiger partial charge in [-0.05, 0) is 38.1 Å². The molecule has 10 heteroatoms. The zero-order chi connectivity index (χ0) is 23.2. The van der Waals surface area contributed by atoms with E-state index >= 15 is 0 Å². The molecule has 1 atom stereocenters. The van der Waals surface area contributed by atoms with E-state index in [-0.39, 0.29) is 30.4 Å². The number of halogens is 3. The second-order valence-electron chi connectivity index (χ2n) is 6.80. The van der Waals surface area contributed by atoms with Gasteiger partial charge < -0.3 is 19.7 Å². The van der Waals surface area contributed by atoms with Crippen LogP contribution in [0.5, 0.6) is 5.75 Å². The number of esters is 1. The summed E-state index contributed by atoms with van der Waals surface area (Å²) in [5.41, 5.74) is -0.312. The molecule has 0 aliphatic heterocycles. The maximum absolute atomic E-state index is 13.3. The Kier molecular flexibility index (Phi) is 7.84. The monoisotopic (exact) mass is 439 g/mol. The van der Waals surface area contributed by atoms with Crippen LogP contribution in [-0.2, 0) is 20.5 Å². The van der Waals surface area contributed by atoms with Crippen LogP contribution in [-0.4, -0.2) is 50.2 Å². The van der Waals surface area contributed by atoms with Crippen molar-refractivity contribution in [2.24, 2.45) is 0 Å². The first kappa shape index (κ1) is 24.0. The minimum absolute atomic E-state index is 0.114. The zero-order valence-corrected chi connectivity index (χ0v) is 17.6. The SMILES string of the molecule is CCOC(=O)CNC(=O)[C@H](C)Oc1cccc(-c2cc(C(F)(F)F)cc(N(C)C)n2)c1. The largest absolute Gasteiger partial charge is 0.481 e. The number of alkyl halides is 3. The third kappa shape index (κ3) is 6.87. The molecule has 0 aliphatic carbocycles. The Balaban J connectivity index is 2.21. The normalized spacial score (nSPS) is 12.1. The van der Waals surface area contributed by atoms with Gasteiger partial charge in [0.2, 0.25) is 0 Å². The molecule has 0 radical (unpaired) electrons. The highest BCUT2D eigenvalue weighted by molar-refractivity contribution is 5.85. The highest BCUT2D eigenvalue weighted by Crippen LogP contribution is 2.34. The fraction of sp³-hybridized carbons (Fsp3) is 0.381. The van der Waals surface area contributed by atoms with Crippen molar-refractivity contribution in [3.63, 3.8) is 0 Å². The van der Waals surface area contributed by atoms with Crippen LogP contribution in [0.4, 0.5) is 19.0 Å². The van der Waals surface area contributed by atoms with Gasteiger partial charge in [0.05, 0.1) is 17.9 Å². The Morgan fingerprint density at radius 1 is 1.19 bits per heavy atom. The van der Waals surface area contributed by atoms with Gasteiger partial charge in [-0.15, -0.1) is 0 Å². The average molecular weight is 439 g/mol. The number of carbonyl (C=O) groups is 2. The molecule has 0 unspecified atom stereocenters. The minimum Gasteiger partial charge on any atom is -0.481 e. The van der Waals surface area contributed by atoms with Gasteiger partial charge in [0, 0.05) is 19.7 Å². The van der Waals surface area contributed by atoms with E-state index in [1.54, 1.807) is 39.2 Å². The van der Waals surface area contributed by atoms with Gasteiger partial charge in [0.25, 0.3) is 5.91 Å². The lowest BCUT2D eigenvalue weighted by atomic mass is 10.1. The second-order valence-corrected chi connectivity index (χ2v) is 6.80. The van der Waals surface area contributed by atoms with Crippen molar-refractivity contribution in [1.82, 2.24) is 10.3 Å². The number of pyridine rings is 1. The minimum atomic E-state index is -4.53. The lowest BCUT2D eigenvalue weighted by molar-refractivity contribution is -0.144. The lowest BCUT2D eigenvalue weighted by Gasteiger charge is -2.17. The third-order valence-corrected chi connectivity index (χ3v) is 4.12. The molecule has 168 valence electrons. The fourth-order valence-electron chi connectivity index (χ4n) is 2.56. The molecule has 0 saturated carbocycles. The van der Waals surface area contributed by atoms with E-state index in [0.717, 1.165) is 12.1 Å². The van der Waals surface area contributed by atoms with Crippen LogP contribution in [0.25, 0.3) is 11.3 Å². The molecule has 7 nitrogen and oxygen atoms in total. The fourth-order valence-corrected chi connectivity index (χ4v) is 2.56. The average Bonchev–Trinajstić information content (AvgIpc) is 2.71. The number of nitrogens with one attached hydrogen (secondary N) is 1. The first-order valence-electron chi connectivity index (χ1n) is 9.48. The van der Waals surface area contributed by atoms with E-state index in [1.165, 1.54) is 17.9 Å². The molecular formula is C21H24F3N3O4. The number of rotatable bonds is 8. The standard InChI is InChI=1S/C21H24F3N3O4/c1-5-30-19(28)12-25-20(29)13(2)31-16-8-6-7-14(9-16)17-10-15(21(22,23)24)11-18(26-17)27(3)4/h6-11,13H,5,12H2,1-4H3,(H,25,29)/t13-/m0/s1. The predicted octanol–water partition coefficient (Wildman–Crippen LogP) is 3.28.